The van der Waals surface area contributed by atoms with Crippen LogP contribution >= 0.6 is 27.5 Å². The average Bonchev–Trinajstić information content (AvgIpc) is 2.87. The Morgan fingerprint density at radius 3 is 2.86 bits per heavy atom. The van der Waals surface area contributed by atoms with Gasteiger partial charge in [0.05, 0.1) is 22.6 Å². The van der Waals surface area contributed by atoms with Crippen LogP contribution in [0.3, 0.4) is 0 Å². The van der Waals surface area contributed by atoms with Gasteiger partial charge in [0.15, 0.2) is 5.82 Å². The number of alkyl halides is 1. The summed E-state index contributed by atoms with van der Waals surface area (Å²) in [7, 11) is 0. The number of rotatable bonds is 2. The predicted molar refractivity (Wildman–Crippen MR) is 83.0 cm³/mol. The van der Waals surface area contributed by atoms with Gasteiger partial charge in [0.25, 0.3) is 0 Å². The first kappa shape index (κ1) is 14.1. The second-order valence-corrected chi connectivity index (χ2v) is 5.56. The van der Waals surface area contributed by atoms with Crippen molar-refractivity contribution in [1.82, 2.24) is 9.55 Å². The van der Waals surface area contributed by atoms with E-state index >= 15 is 0 Å². The summed E-state index contributed by atoms with van der Waals surface area (Å²) in [5.41, 5.74) is 1.92. The van der Waals surface area contributed by atoms with Gasteiger partial charge in [-0.25, -0.2) is 9.37 Å². The summed E-state index contributed by atoms with van der Waals surface area (Å²) in [6.45, 7) is 0. The summed E-state index contributed by atoms with van der Waals surface area (Å²) in [5, 5.41) is 9.32. The van der Waals surface area contributed by atoms with E-state index in [1.807, 2.05) is 6.07 Å². The zero-order valence-electron chi connectivity index (χ0n) is 10.6. The number of imidazole rings is 1. The Morgan fingerprint density at radius 2 is 2.14 bits per heavy atom. The number of fused-ring (bicyclic) bond motifs is 1. The zero-order chi connectivity index (χ0) is 15.0. The molecule has 1 aromatic heterocycles. The number of aromatic nitrogens is 2. The molecule has 0 aliphatic carbocycles. The van der Waals surface area contributed by atoms with Crippen LogP contribution in [-0.4, -0.2) is 9.55 Å². The van der Waals surface area contributed by atoms with Crippen molar-refractivity contribution in [3.8, 4) is 11.8 Å². The van der Waals surface area contributed by atoms with Gasteiger partial charge in [0.2, 0.25) is 0 Å². The Hall–Kier alpha value is -1.90. The van der Waals surface area contributed by atoms with Crippen molar-refractivity contribution >= 4 is 38.6 Å². The SMILES string of the molecule is N#Cc1cc(Br)ccc1-n1c(CCl)nc2c(F)cccc21. The van der Waals surface area contributed by atoms with Gasteiger partial charge in [-0.3, -0.25) is 4.57 Å². The number of halogens is 3. The minimum Gasteiger partial charge on any atom is -0.294 e. The highest BCUT2D eigenvalue weighted by Gasteiger charge is 2.16. The van der Waals surface area contributed by atoms with Gasteiger partial charge in [0, 0.05) is 4.47 Å². The van der Waals surface area contributed by atoms with Gasteiger partial charge in [-0.05, 0) is 30.3 Å². The van der Waals surface area contributed by atoms with Gasteiger partial charge in [-0.1, -0.05) is 22.0 Å². The van der Waals surface area contributed by atoms with Gasteiger partial charge in [-0.2, -0.15) is 5.26 Å². The molecule has 0 amide bonds. The van der Waals surface area contributed by atoms with Gasteiger partial charge < -0.3 is 0 Å². The Bertz CT molecular complexity index is 882. The van der Waals surface area contributed by atoms with E-state index in [4.69, 9.17) is 11.6 Å². The van der Waals surface area contributed by atoms with Gasteiger partial charge in [-0.15, -0.1) is 11.6 Å². The number of hydrogen-bond donors (Lipinski definition) is 0. The first-order valence-corrected chi connectivity index (χ1v) is 7.40. The average molecular weight is 365 g/mol. The molecule has 3 rings (SSSR count). The summed E-state index contributed by atoms with van der Waals surface area (Å²) >= 11 is 9.27. The molecule has 0 unspecified atom stereocenters. The van der Waals surface area contributed by atoms with Crippen LogP contribution in [0, 0.1) is 17.1 Å². The number of nitriles is 1. The third-order valence-corrected chi connectivity index (χ3v) is 3.88. The van der Waals surface area contributed by atoms with Crippen molar-refractivity contribution in [2.45, 2.75) is 5.88 Å². The lowest BCUT2D eigenvalue weighted by atomic mass is 10.2. The summed E-state index contributed by atoms with van der Waals surface area (Å²) in [6, 6.07) is 12.2. The molecule has 0 bridgehead atoms. The predicted octanol–water partition coefficient (Wildman–Crippen LogP) is 4.54. The summed E-state index contributed by atoms with van der Waals surface area (Å²) in [5.74, 6) is 0.207. The molecule has 3 nitrogen and oxygen atoms in total. The molecule has 0 atom stereocenters. The Balaban J connectivity index is 2.40. The largest absolute Gasteiger partial charge is 0.294 e. The van der Waals surface area contributed by atoms with Crippen LogP contribution in [0.4, 0.5) is 4.39 Å². The molecule has 21 heavy (non-hydrogen) atoms. The molecular formula is C15H8BrClFN3. The van der Waals surface area contributed by atoms with Crippen LogP contribution < -0.4 is 0 Å². The van der Waals surface area contributed by atoms with Crippen molar-refractivity contribution in [2.75, 3.05) is 0 Å². The van der Waals surface area contributed by atoms with Crippen molar-refractivity contribution in [2.24, 2.45) is 0 Å². The minimum absolute atomic E-state index is 0.120. The molecule has 6 heteroatoms. The molecule has 3 aromatic rings. The van der Waals surface area contributed by atoms with Crippen LogP contribution in [0.5, 0.6) is 0 Å². The van der Waals surface area contributed by atoms with Crippen molar-refractivity contribution < 1.29 is 4.39 Å². The quantitative estimate of drug-likeness (QED) is 0.627. The van der Waals surface area contributed by atoms with Crippen LogP contribution in [0.25, 0.3) is 16.7 Å². The molecule has 0 spiro atoms. The third kappa shape index (κ3) is 2.31. The van der Waals surface area contributed by atoms with Crippen LogP contribution in [0.2, 0.25) is 0 Å². The molecule has 0 saturated heterocycles. The first-order valence-electron chi connectivity index (χ1n) is 6.07. The number of nitrogens with zero attached hydrogens (tertiary/aromatic N) is 3. The highest BCUT2D eigenvalue weighted by atomic mass is 79.9. The zero-order valence-corrected chi connectivity index (χ0v) is 13.0. The highest BCUT2D eigenvalue weighted by Crippen LogP contribution is 2.27. The second-order valence-electron chi connectivity index (χ2n) is 4.38. The Labute approximate surface area is 133 Å². The maximum absolute atomic E-state index is 13.9. The van der Waals surface area contributed by atoms with E-state index < -0.39 is 5.82 Å². The molecule has 0 fully saturated rings. The van der Waals surface area contributed by atoms with Gasteiger partial charge >= 0.3 is 0 Å². The van der Waals surface area contributed by atoms with Crippen LogP contribution in [0.1, 0.15) is 11.4 Å². The fraction of sp³-hybridized carbons (Fsp3) is 0.0667. The monoisotopic (exact) mass is 363 g/mol. The highest BCUT2D eigenvalue weighted by molar-refractivity contribution is 9.10. The number of benzene rings is 2. The van der Waals surface area contributed by atoms with E-state index in [1.54, 1.807) is 28.8 Å². The van der Waals surface area contributed by atoms with E-state index in [9.17, 15) is 9.65 Å². The molecule has 0 radical (unpaired) electrons. The topological polar surface area (TPSA) is 41.6 Å². The molecule has 0 aliphatic rings. The third-order valence-electron chi connectivity index (χ3n) is 3.14. The molecule has 0 N–H and O–H groups in total. The lowest BCUT2D eigenvalue weighted by Gasteiger charge is -2.10. The van der Waals surface area contributed by atoms with Crippen LogP contribution in [-0.2, 0) is 5.88 Å². The lowest BCUT2D eigenvalue weighted by molar-refractivity contribution is 0.637. The van der Waals surface area contributed by atoms with Crippen molar-refractivity contribution in [3.05, 3.63) is 58.1 Å². The molecule has 2 aromatic carbocycles. The van der Waals surface area contributed by atoms with Crippen LogP contribution in [0.15, 0.2) is 40.9 Å². The van der Waals surface area contributed by atoms with Crippen molar-refractivity contribution in [1.29, 1.82) is 5.26 Å². The number of para-hydroxylation sites is 1. The number of hydrogen-bond acceptors (Lipinski definition) is 2. The van der Waals surface area contributed by atoms with E-state index in [-0.39, 0.29) is 11.4 Å². The van der Waals surface area contributed by atoms with Gasteiger partial charge in [0.1, 0.15) is 17.4 Å². The normalized spacial score (nSPS) is 10.8. The van der Waals surface area contributed by atoms with E-state index in [2.05, 4.69) is 27.0 Å². The first-order chi connectivity index (χ1) is 10.2. The van der Waals surface area contributed by atoms with E-state index in [1.165, 1.54) is 6.07 Å². The smallest absolute Gasteiger partial charge is 0.151 e. The molecule has 1 heterocycles. The molecule has 0 aliphatic heterocycles. The summed E-state index contributed by atoms with van der Waals surface area (Å²) in [4.78, 5) is 4.24. The maximum atomic E-state index is 13.9. The standard InChI is InChI=1S/C15H8BrClFN3/c16-10-4-5-12(9(6-10)8-19)21-13-3-1-2-11(18)15(13)20-14(21)7-17/h1-6H,7H2. The molecular weight excluding hydrogens is 357 g/mol. The lowest BCUT2D eigenvalue weighted by Crippen LogP contribution is -2.02. The Kier molecular flexibility index (Phi) is 3.66. The second kappa shape index (κ2) is 5.47. The molecule has 104 valence electrons. The van der Waals surface area contributed by atoms with E-state index in [0.29, 0.717) is 22.6 Å². The Morgan fingerprint density at radius 1 is 1.33 bits per heavy atom. The van der Waals surface area contributed by atoms with Crippen molar-refractivity contribution in [3.63, 3.8) is 0 Å². The maximum Gasteiger partial charge on any atom is 0.151 e. The summed E-state index contributed by atoms with van der Waals surface area (Å²) < 4.78 is 16.4. The summed E-state index contributed by atoms with van der Waals surface area (Å²) in [6.07, 6.45) is 0. The van der Waals surface area contributed by atoms with E-state index in [0.717, 1.165) is 4.47 Å². The fourth-order valence-corrected chi connectivity index (χ4v) is 2.80. The molecule has 0 saturated carbocycles. The fourth-order valence-electron chi connectivity index (χ4n) is 2.26. The minimum atomic E-state index is -0.409.